The maximum atomic E-state index is 13.6. The fourth-order valence-electron chi connectivity index (χ4n) is 6.61. The van der Waals surface area contributed by atoms with Crippen LogP contribution < -0.4 is 20.4 Å². The number of aryl methyl sites for hydroxylation is 3. The smallest absolute Gasteiger partial charge is 0.229 e. The molecule has 0 radical (unpaired) electrons. The van der Waals surface area contributed by atoms with Gasteiger partial charge < -0.3 is 20.4 Å². The summed E-state index contributed by atoms with van der Waals surface area (Å²) in [6, 6.07) is 35.1. The Morgan fingerprint density at radius 1 is 0.607 bits per heavy atom. The summed E-state index contributed by atoms with van der Waals surface area (Å²) in [7, 11) is 0. The van der Waals surface area contributed by atoms with Gasteiger partial charge >= 0.3 is 0 Å². The molecule has 0 bridgehead atoms. The lowest BCUT2D eigenvalue weighted by atomic mass is 9.97. The molecule has 0 aromatic heterocycles. The van der Waals surface area contributed by atoms with E-state index in [1.54, 1.807) is 15.9 Å². The molecular weight excluding hydrogens is 765 g/mol. The molecule has 0 saturated heterocycles. The summed E-state index contributed by atoms with van der Waals surface area (Å²) in [5, 5.41) is 33.9. The van der Waals surface area contributed by atoms with E-state index >= 15 is 0 Å². The van der Waals surface area contributed by atoms with Crippen LogP contribution in [0.2, 0.25) is 0 Å². The van der Waals surface area contributed by atoms with Crippen LogP contribution in [0.1, 0.15) is 85.8 Å². The second-order valence-corrected chi connectivity index (χ2v) is 15.5. The summed E-state index contributed by atoms with van der Waals surface area (Å²) >= 11 is 0. The molecule has 0 aliphatic rings. The van der Waals surface area contributed by atoms with Crippen LogP contribution in [0.5, 0.6) is 0 Å². The van der Waals surface area contributed by atoms with Crippen LogP contribution in [0.3, 0.4) is 0 Å². The molecule has 4 aromatic rings. The number of hydrogen-bond acceptors (Lipinski definition) is 8. The zero-order chi connectivity index (χ0) is 44.4. The van der Waals surface area contributed by atoms with Crippen molar-refractivity contribution in [3.63, 3.8) is 0 Å². The fourth-order valence-corrected chi connectivity index (χ4v) is 6.61. The Hall–Kier alpha value is -6.92. The van der Waals surface area contributed by atoms with Crippen molar-refractivity contribution in [2.75, 3.05) is 22.9 Å². The first kappa shape index (κ1) is 46.8. The van der Waals surface area contributed by atoms with Crippen molar-refractivity contribution in [3.8, 4) is 12.1 Å². The third-order valence-corrected chi connectivity index (χ3v) is 10.6. The van der Waals surface area contributed by atoms with Gasteiger partial charge in [-0.3, -0.25) is 19.2 Å². The highest BCUT2D eigenvalue weighted by Crippen LogP contribution is 2.27. The average Bonchev–Trinajstić information content (AvgIpc) is 3.26. The van der Waals surface area contributed by atoms with Gasteiger partial charge in [-0.1, -0.05) is 97.6 Å². The van der Waals surface area contributed by atoms with Gasteiger partial charge in [0.1, 0.15) is 0 Å². The van der Waals surface area contributed by atoms with Crippen LogP contribution in [-0.4, -0.2) is 47.8 Å². The highest BCUT2D eigenvalue weighted by atomic mass is 16.2. The molecule has 0 spiro atoms. The topological polar surface area (TPSA) is 171 Å². The van der Waals surface area contributed by atoms with Crippen LogP contribution in [0.25, 0.3) is 6.08 Å². The highest BCUT2D eigenvalue weighted by molar-refractivity contribution is 5.95. The molecule has 0 fully saturated rings. The number of anilines is 2. The molecule has 2 N–H and O–H groups in total. The first-order valence-corrected chi connectivity index (χ1v) is 20.5. The quantitative estimate of drug-likeness (QED) is 0.0797. The maximum Gasteiger partial charge on any atom is 0.229 e. The molecule has 61 heavy (non-hydrogen) atoms. The van der Waals surface area contributed by atoms with E-state index < -0.39 is 11.1 Å². The number of hydrogen-bond donors (Lipinski definition) is 2. The summed E-state index contributed by atoms with van der Waals surface area (Å²) in [6.45, 7) is 13.8. The van der Waals surface area contributed by atoms with E-state index in [4.69, 9.17) is 0 Å². The Morgan fingerprint density at radius 2 is 1.00 bits per heavy atom. The van der Waals surface area contributed by atoms with E-state index in [0.717, 1.165) is 44.8 Å². The minimum absolute atomic E-state index is 0.0137. The second-order valence-electron chi connectivity index (χ2n) is 15.5. The molecule has 0 aliphatic carbocycles. The maximum absolute atomic E-state index is 13.6. The normalized spacial score (nSPS) is 12.8. The van der Waals surface area contributed by atoms with E-state index in [0.29, 0.717) is 13.1 Å². The minimum atomic E-state index is -1.42. The van der Waals surface area contributed by atoms with Crippen molar-refractivity contribution in [1.29, 1.82) is 10.5 Å². The lowest BCUT2D eigenvalue weighted by Gasteiger charge is -2.26. The van der Waals surface area contributed by atoms with Crippen molar-refractivity contribution < 1.29 is 19.2 Å². The molecule has 12 heteroatoms. The predicted molar refractivity (Wildman–Crippen MR) is 239 cm³/mol. The number of azo groups is 1. The van der Waals surface area contributed by atoms with Gasteiger partial charge in [0, 0.05) is 50.1 Å². The fraction of sp³-hybridized carbons (Fsp3) is 0.347. The number of carbonyl (C=O) groups excluding carboxylic acids is 4. The van der Waals surface area contributed by atoms with E-state index in [9.17, 15) is 29.7 Å². The highest BCUT2D eigenvalue weighted by Gasteiger charge is 2.30. The SMILES string of the molecule is C=Cc1ccccc1CN(C(=O)CCNC(=O)CCC(C)(C#N)N=NC(C)(C#N)CCC(=O)NCCC(=O)N(Cc1ccccc1C)c1ccccc1C)c1ccccc1C. The molecule has 0 saturated carbocycles. The second kappa shape index (κ2) is 22.5. The minimum Gasteiger partial charge on any atom is -0.356 e. The molecule has 4 rings (SSSR count). The summed E-state index contributed by atoms with van der Waals surface area (Å²) < 4.78 is 0. The lowest BCUT2D eigenvalue weighted by Crippen LogP contribution is -2.35. The van der Waals surface area contributed by atoms with Crippen LogP contribution in [0, 0.1) is 43.4 Å². The standard InChI is InChI=1S/C49H56N8O4/c1-7-39-19-12-13-21-41(39)33-57(43-23-15-10-18-38(43)4)47(61)27-31-53-45(59)25-29-49(6,35-51)55-54-48(5,34-50)28-24-44(58)52-30-26-46(60)56(42-22-14-9-17-37(42)3)32-40-20-11-8-16-36(40)2/h7-23H,1,24-33H2,2-6H3,(H,52,58)(H,53,59). The van der Waals surface area contributed by atoms with Gasteiger partial charge in [-0.25, -0.2) is 0 Å². The van der Waals surface area contributed by atoms with Gasteiger partial charge in [0.05, 0.1) is 25.2 Å². The van der Waals surface area contributed by atoms with Crippen LogP contribution in [0.4, 0.5) is 11.4 Å². The molecule has 316 valence electrons. The van der Waals surface area contributed by atoms with Crippen molar-refractivity contribution >= 4 is 41.1 Å². The van der Waals surface area contributed by atoms with Gasteiger partial charge in [0.15, 0.2) is 11.1 Å². The molecule has 4 amide bonds. The Morgan fingerprint density at radius 3 is 1.43 bits per heavy atom. The van der Waals surface area contributed by atoms with Crippen molar-refractivity contribution in [2.24, 2.45) is 10.2 Å². The first-order valence-electron chi connectivity index (χ1n) is 20.5. The Balaban J connectivity index is 1.26. The first-order chi connectivity index (χ1) is 29.2. The van der Waals surface area contributed by atoms with Gasteiger partial charge in [-0.05, 0) is 93.0 Å². The predicted octanol–water partition coefficient (Wildman–Crippen LogP) is 8.61. The zero-order valence-electron chi connectivity index (χ0n) is 35.9. The number of benzene rings is 4. The average molecular weight is 821 g/mol. The number of nitrogens with one attached hydrogen (secondary N) is 2. The third-order valence-electron chi connectivity index (χ3n) is 10.6. The number of carbonyl (C=O) groups is 4. The Kier molecular flexibility index (Phi) is 17.2. The van der Waals surface area contributed by atoms with Crippen LogP contribution in [-0.2, 0) is 32.3 Å². The molecule has 0 aliphatic heterocycles. The van der Waals surface area contributed by atoms with E-state index in [1.165, 1.54) is 13.8 Å². The Labute approximate surface area is 360 Å². The molecule has 2 atom stereocenters. The van der Waals surface area contributed by atoms with E-state index in [-0.39, 0.29) is 75.2 Å². The Bertz CT molecular complexity index is 2310. The molecular formula is C49H56N8O4. The number of nitrogens with zero attached hydrogens (tertiary/aromatic N) is 6. The summed E-state index contributed by atoms with van der Waals surface area (Å²) in [5.74, 6) is -1.02. The lowest BCUT2D eigenvalue weighted by molar-refractivity contribution is -0.123. The van der Waals surface area contributed by atoms with Crippen molar-refractivity contribution in [2.45, 2.75) is 97.3 Å². The van der Waals surface area contributed by atoms with Gasteiger partial charge in [0.25, 0.3) is 0 Å². The molecule has 4 aromatic carbocycles. The van der Waals surface area contributed by atoms with Crippen molar-refractivity contribution in [3.05, 3.63) is 137 Å². The van der Waals surface area contributed by atoms with Gasteiger partial charge in [0.2, 0.25) is 23.6 Å². The monoisotopic (exact) mass is 820 g/mol. The van der Waals surface area contributed by atoms with E-state index in [2.05, 4.69) is 39.6 Å². The van der Waals surface area contributed by atoms with Crippen LogP contribution >= 0.6 is 0 Å². The largest absolute Gasteiger partial charge is 0.356 e. The third kappa shape index (κ3) is 13.8. The number of para-hydroxylation sites is 2. The van der Waals surface area contributed by atoms with Gasteiger partial charge in [-0.2, -0.15) is 20.8 Å². The van der Waals surface area contributed by atoms with Crippen molar-refractivity contribution in [1.82, 2.24) is 10.6 Å². The number of amides is 4. The van der Waals surface area contributed by atoms with E-state index in [1.807, 2.05) is 118 Å². The zero-order valence-corrected chi connectivity index (χ0v) is 35.9. The summed E-state index contributed by atoms with van der Waals surface area (Å²) in [4.78, 5) is 56.3. The van der Waals surface area contributed by atoms with Crippen LogP contribution in [0.15, 0.2) is 114 Å². The molecule has 12 nitrogen and oxygen atoms in total. The summed E-state index contributed by atoms with van der Waals surface area (Å²) in [6.07, 6.45) is 1.78. The number of rotatable bonds is 21. The number of nitriles is 2. The summed E-state index contributed by atoms with van der Waals surface area (Å²) in [5.41, 5.74) is 4.61. The van der Waals surface area contributed by atoms with Gasteiger partial charge in [-0.15, -0.1) is 0 Å². The molecule has 0 heterocycles. The molecule has 2 unspecified atom stereocenters.